The van der Waals surface area contributed by atoms with Gasteiger partial charge < -0.3 is 11.1 Å². The quantitative estimate of drug-likeness (QED) is 0.814. The molecular formula is C17H19BrClN3O. The maximum Gasteiger partial charge on any atom is 0.256 e. The Kier molecular flexibility index (Phi) is 5.79. The number of amides is 1. The number of aryl methyl sites for hydroxylation is 2. The van der Waals surface area contributed by atoms with Crippen molar-refractivity contribution >= 4 is 39.9 Å². The normalized spacial score (nSPS) is 16.2. The van der Waals surface area contributed by atoms with Crippen LogP contribution in [0.4, 0.5) is 5.69 Å². The van der Waals surface area contributed by atoms with Crippen molar-refractivity contribution in [3.63, 3.8) is 0 Å². The second-order valence-electron chi connectivity index (χ2n) is 5.77. The smallest absolute Gasteiger partial charge is 0.256 e. The summed E-state index contributed by atoms with van der Waals surface area (Å²) in [5, 5.41) is 2.91. The SMILES string of the molecule is Cc1ccc(C(=O)Nc2cnc3c(c2)CC(N)CC3)c(Br)c1.Cl. The minimum absolute atomic E-state index is 0. The first kappa shape index (κ1) is 17.9. The molecular weight excluding hydrogens is 378 g/mol. The molecule has 0 aliphatic heterocycles. The van der Waals surface area contributed by atoms with Crippen LogP contribution in [0.25, 0.3) is 0 Å². The first-order chi connectivity index (χ1) is 10.5. The zero-order valence-corrected chi connectivity index (χ0v) is 15.2. The summed E-state index contributed by atoms with van der Waals surface area (Å²) in [5.41, 5.74) is 10.7. The van der Waals surface area contributed by atoms with Gasteiger partial charge in [-0.2, -0.15) is 0 Å². The Hall–Kier alpha value is -1.43. The number of halogens is 2. The molecule has 1 aromatic carbocycles. The van der Waals surface area contributed by atoms with Gasteiger partial charge in [-0.25, -0.2) is 0 Å². The van der Waals surface area contributed by atoms with Crippen molar-refractivity contribution in [2.24, 2.45) is 5.73 Å². The molecule has 23 heavy (non-hydrogen) atoms. The van der Waals surface area contributed by atoms with E-state index in [0.29, 0.717) is 11.3 Å². The van der Waals surface area contributed by atoms with E-state index in [1.54, 1.807) is 6.20 Å². The van der Waals surface area contributed by atoms with Crippen molar-refractivity contribution in [1.82, 2.24) is 4.98 Å². The minimum atomic E-state index is -0.145. The molecule has 0 radical (unpaired) electrons. The maximum atomic E-state index is 12.4. The third-order valence-electron chi connectivity index (χ3n) is 3.92. The molecule has 1 aromatic heterocycles. The van der Waals surface area contributed by atoms with Gasteiger partial charge in [0.25, 0.3) is 5.91 Å². The number of nitrogens with two attached hydrogens (primary N) is 1. The lowest BCUT2D eigenvalue weighted by atomic mass is 9.92. The number of pyridine rings is 1. The first-order valence-electron chi connectivity index (χ1n) is 7.34. The summed E-state index contributed by atoms with van der Waals surface area (Å²) < 4.78 is 0.790. The van der Waals surface area contributed by atoms with Crippen LogP contribution >= 0.6 is 28.3 Å². The molecule has 1 aliphatic rings. The summed E-state index contributed by atoms with van der Waals surface area (Å²) in [6.45, 7) is 1.99. The molecule has 6 heteroatoms. The van der Waals surface area contributed by atoms with E-state index in [1.807, 2.05) is 31.2 Å². The fourth-order valence-corrected chi connectivity index (χ4v) is 3.39. The van der Waals surface area contributed by atoms with E-state index in [0.717, 1.165) is 40.6 Å². The summed E-state index contributed by atoms with van der Waals surface area (Å²) >= 11 is 3.44. The van der Waals surface area contributed by atoms with Crippen molar-refractivity contribution in [3.8, 4) is 0 Å². The summed E-state index contributed by atoms with van der Waals surface area (Å²) in [7, 11) is 0. The van der Waals surface area contributed by atoms with E-state index < -0.39 is 0 Å². The van der Waals surface area contributed by atoms with Crippen LogP contribution in [0.1, 0.15) is 33.6 Å². The van der Waals surface area contributed by atoms with Crippen molar-refractivity contribution in [3.05, 3.63) is 57.3 Å². The zero-order valence-electron chi connectivity index (χ0n) is 12.8. The fraction of sp³-hybridized carbons (Fsp3) is 0.294. The number of nitrogens with zero attached hydrogens (tertiary/aromatic N) is 1. The number of hydrogen-bond acceptors (Lipinski definition) is 3. The molecule has 1 aliphatic carbocycles. The van der Waals surface area contributed by atoms with Gasteiger partial charge in [-0.1, -0.05) is 6.07 Å². The van der Waals surface area contributed by atoms with E-state index in [4.69, 9.17) is 5.73 Å². The van der Waals surface area contributed by atoms with E-state index in [1.165, 1.54) is 0 Å². The third-order valence-corrected chi connectivity index (χ3v) is 4.58. The van der Waals surface area contributed by atoms with E-state index in [9.17, 15) is 4.79 Å². The molecule has 3 N–H and O–H groups in total. The molecule has 122 valence electrons. The van der Waals surface area contributed by atoms with Gasteiger partial charge in [-0.15, -0.1) is 12.4 Å². The van der Waals surface area contributed by atoms with E-state index in [2.05, 4.69) is 26.2 Å². The van der Waals surface area contributed by atoms with Gasteiger partial charge in [-0.05, 0) is 71.4 Å². The number of carbonyl (C=O) groups is 1. The highest BCUT2D eigenvalue weighted by Gasteiger charge is 2.18. The molecule has 0 saturated heterocycles. The van der Waals surface area contributed by atoms with Gasteiger partial charge in [0.2, 0.25) is 0 Å². The van der Waals surface area contributed by atoms with Crippen molar-refractivity contribution in [1.29, 1.82) is 0 Å². The molecule has 1 atom stereocenters. The molecule has 0 saturated carbocycles. The predicted molar refractivity (Wildman–Crippen MR) is 98.3 cm³/mol. The zero-order chi connectivity index (χ0) is 15.7. The highest BCUT2D eigenvalue weighted by atomic mass is 79.9. The Balaban J connectivity index is 0.00000192. The Morgan fingerprint density at radius 3 is 2.91 bits per heavy atom. The summed E-state index contributed by atoms with van der Waals surface area (Å²) in [4.78, 5) is 16.8. The molecule has 3 rings (SSSR count). The fourth-order valence-electron chi connectivity index (χ4n) is 2.72. The highest BCUT2D eigenvalue weighted by molar-refractivity contribution is 9.10. The number of anilines is 1. The second-order valence-corrected chi connectivity index (χ2v) is 6.62. The van der Waals surface area contributed by atoms with Gasteiger partial charge in [0.15, 0.2) is 0 Å². The van der Waals surface area contributed by atoms with Crippen LogP contribution in [0.15, 0.2) is 34.9 Å². The molecule has 0 spiro atoms. The average molecular weight is 397 g/mol. The number of rotatable bonds is 2. The van der Waals surface area contributed by atoms with Crippen molar-refractivity contribution in [2.45, 2.75) is 32.2 Å². The number of hydrogen-bond donors (Lipinski definition) is 2. The molecule has 1 amide bonds. The molecule has 1 unspecified atom stereocenters. The Morgan fingerprint density at radius 2 is 2.17 bits per heavy atom. The Bertz CT molecular complexity index is 736. The van der Waals surface area contributed by atoms with Crippen molar-refractivity contribution < 1.29 is 4.79 Å². The van der Waals surface area contributed by atoms with Gasteiger partial charge in [0.1, 0.15) is 0 Å². The van der Waals surface area contributed by atoms with Gasteiger partial charge in [-0.3, -0.25) is 9.78 Å². The van der Waals surface area contributed by atoms with Crippen LogP contribution in [0.5, 0.6) is 0 Å². The van der Waals surface area contributed by atoms with E-state index >= 15 is 0 Å². The Labute approximate surface area is 150 Å². The number of benzene rings is 1. The highest BCUT2D eigenvalue weighted by Crippen LogP contribution is 2.23. The molecule has 2 aromatic rings. The van der Waals surface area contributed by atoms with Crippen LogP contribution in [0.3, 0.4) is 0 Å². The minimum Gasteiger partial charge on any atom is -0.327 e. The van der Waals surface area contributed by atoms with Gasteiger partial charge in [0.05, 0.1) is 17.4 Å². The maximum absolute atomic E-state index is 12.4. The van der Waals surface area contributed by atoms with E-state index in [-0.39, 0.29) is 24.4 Å². The molecule has 1 heterocycles. The topological polar surface area (TPSA) is 68.0 Å². The van der Waals surface area contributed by atoms with Crippen LogP contribution < -0.4 is 11.1 Å². The summed E-state index contributed by atoms with van der Waals surface area (Å²) in [6, 6.07) is 7.84. The molecule has 4 nitrogen and oxygen atoms in total. The largest absolute Gasteiger partial charge is 0.327 e. The monoisotopic (exact) mass is 395 g/mol. The number of aromatic nitrogens is 1. The number of fused-ring (bicyclic) bond motifs is 1. The third kappa shape index (κ3) is 4.10. The van der Waals surface area contributed by atoms with Gasteiger partial charge >= 0.3 is 0 Å². The Morgan fingerprint density at radius 1 is 1.39 bits per heavy atom. The van der Waals surface area contributed by atoms with Crippen molar-refractivity contribution in [2.75, 3.05) is 5.32 Å². The van der Waals surface area contributed by atoms with Gasteiger partial charge in [0, 0.05) is 16.2 Å². The van der Waals surface area contributed by atoms with Crippen LogP contribution in [-0.2, 0) is 12.8 Å². The molecule has 0 fully saturated rings. The lowest BCUT2D eigenvalue weighted by Crippen LogP contribution is -2.28. The lowest BCUT2D eigenvalue weighted by Gasteiger charge is -2.21. The number of carbonyl (C=O) groups excluding carboxylic acids is 1. The lowest BCUT2D eigenvalue weighted by molar-refractivity contribution is 0.102. The summed E-state index contributed by atoms with van der Waals surface area (Å²) in [6.07, 6.45) is 4.42. The predicted octanol–water partition coefficient (Wildman–Crippen LogP) is 3.64. The number of nitrogens with one attached hydrogen (secondary N) is 1. The van der Waals surface area contributed by atoms with Crippen LogP contribution in [0.2, 0.25) is 0 Å². The van der Waals surface area contributed by atoms with Crippen LogP contribution in [0, 0.1) is 6.92 Å². The molecule has 0 bridgehead atoms. The second kappa shape index (κ2) is 7.43. The first-order valence-corrected chi connectivity index (χ1v) is 8.13. The standard InChI is InChI=1S/C17H18BrN3O.ClH/c1-10-2-4-14(15(18)6-10)17(22)21-13-8-11-7-12(19)3-5-16(11)20-9-13;/h2,4,6,8-9,12H,3,5,7,19H2,1H3,(H,21,22);1H. The summed E-state index contributed by atoms with van der Waals surface area (Å²) in [5.74, 6) is -0.145. The average Bonchev–Trinajstić information content (AvgIpc) is 2.46. The van der Waals surface area contributed by atoms with Crippen LogP contribution in [-0.4, -0.2) is 16.9 Å².